The van der Waals surface area contributed by atoms with Crippen LogP contribution in [0.4, 0.5) is 0 Å². The highest BCUT2D eigenvalue weighted by Gasteiger charge is 2.08. The van der Waals surface area contributed by atoms with Crippen LogP contribution in [-0.2, 0) is 0 Å². The van der Waals surface area contributed by atoms with Gasteiger partial charge in [0, 0.05) is 6.42 Å². The highest BCUT2D eigenvalue weighted by molar-refractivity contribution is 5.80. The van der Waals surface area contributed by atoms with E-state index in [-0.39, 0.29) is 6.04 Å². The van der Waals surface area contributed by atoms with Crippen LogP contribution < -0.4 is 5.73 Å². The summed E-state index contributed by atoms with van der Waals surface area (Å²) in [6.45, 7) is 2.13. The topological polar surface area (TPSA) is 38.4 Å². The zero-order valence-corrected chi connectivity index (χ0v) is 10.4. The standard InChI is InChI=1S/C15H20N2/c1-12-6-2-3-7-13(12)10-11-14-8-4-5-9-15(16)17-14/h2-3,6-7,10-11,14H,4-5,8-9H2,1H3,(H2,16,17)/b11-10+. The Labute approximate surface area is 103 Å². The van der Waals surface area contributed by atoms with Crippen molar-refractivity contribution in [2.45, 2.75) is 38.6 Å². The molecule has 1 aromatic rings. The van der Waals surface area contributed by atoms with E-state index in [1.54, 1.807) is 0 Å². The van der Waals surface area contributed by atoms with Gasteiger partial charge < -0.3 is 5.73 Å². The highest BCUT2D eigenvalue weighted by atomic mass is 14.9. The normalized spacial score (nSPS) is 21.2. The molecule has 2 rings (SSSR count). The lowest BCUT2D eigenvalue weighted by molar-refractivity contribution is 0.669. The zero-order chi connectivity index (χ0) is 12.1. The fraction of sp³-hybridized carbons (Fsp3) is 0.400. The third-order valence-corrected chi connectivity index (χ3v) is 3.20. The fourth-order valence-electron chi connectivity index (χ4n) is 2.13. The Balaban J connectivity index is 2.10. The third-order valence-electron chi connectivity index (χ3n) is 3.20. The SMILES string of the molecule is Cc1ccccc1/C=C/C1CCCCC(N)=N1. The van der Waals surface area contributed by atoms with Gasteiger partial charge in [0.05, 0.1) is 11.9 Å². The number of hydrogen-bond acceptors (Lipinski definition) is 2. The van der Waals surface area contributed by atoms with Crippen molar-refractivity contribution in [2.24, 2.45) is 10.7 Å². The number of nitrogens with two attached hydrogens (primary N) is 1. The molecule has 1 aromatic carbocycles. The van der Waals surface area contributed by atoms with E-state index in [9.17, 15) is 0 Å². The minimum absolute atomic E-state index is 0.261. The predicted octanol–water partition coefficient (Wildman–Crippen LogP) is 3.31. The van der Waals surface area contributed by atoms with Crippen molar-refractivity contribution in [3.8, 4) is 0 Å². The van der Waals surface area contributed by atoms with E-state index in [1.807, 2.05) is 0 Å². The molecule has 0 radical (unpaired) electrons. The number of nitrogens with zero attached hydrogens (tertiary/aromatic N) is 1. The van der Waals surface area contributed by atoms with Crippen molar-refractivity contribution in [1.29, 1.82) is 0 Å². The van der Waals surface area contributed by atoms with Crippen LogP contribution in [0, 0.1) is 6.92 Å². The van der Waals surface area contributed by atoms with Gasteiger partial charge in [0.25, 0.3) is 0 Å². The Morgan fingerprint density at radius 1 is 1.29 bits per heavy atom. The summed E-state index contributed by atoms with van der Waals surface area (Å²) >= 11 is 0. The fourth-order valence-corrected chi connectivity index (χ4v) is 2.13. The maximum Gasteiger partial charge on any atom is 0.0944 e. The third kappa shape index (κ3) is 3.45. The zero-order valence-electron chi connectivity index (χ0n) is 10.4. The summed E-state index contributed by atoms with van der Waals surface area (Å²) in [5, 5.41) is 0. The minimum atomic E-state index is 0.261. The van der Waals surface area contributed by atoms with Gasteiger partial charge in [-0.3, -0.25) is 4.99 Å². The van der Waals surface area contributed by atoms with Crippen LogP contribution in [0.15, 0.2) is 35.3 Å². The molecular weight excluding hydrogens is 208 g/mol. The number of hydrogen-bond donors (Lipinski definition) is 1. The van der Waals surface area contributed by atoms with Crippen LogP contribution in [0.5, 0.6) is 0 Å². The van der Waals surface area contributed by atoms with E-state index >= 15 is 0 Å². The van der Waals surface area contributed by atoms with Gasteiger partial charge in [-0.15, -0.1) is 0 Å². The van der Waals surface area contributed by atoms with E-state index in [0.29, 0.717) is 0 Å². The smallest absolute Gasteiger partial charge is 0.0944 e. The molecule has 0 amide bonds. The summed E-state index contributed by atoms with van der Waals surface area (Å²) in [7, 11) is 0. The quantitative estimate of drug-likeness (QED) is 0.828. The molecule has 1 unspecified atom stereocenters. The first-order valence-electron chi connectivity index (χ1n) is 6.31. The van der Waals surface area contributed by atoms with Gasteiger partial charge in [-0.1, -0.05) is 42.8 Å². The second-order valence-electron chi connectivity index (χ2n) is 4.65. The molecule has 2 heteroatoms. The number of aryl methyl sites for hydroxylation is 1. The molecule has 1 aliphatic heterocycles. The van der Waals surface area contributed by atoms with Gasteiger partial charge in [-0.25, -0.2) is 0 Å². The first kappa shape index (κ1) is 11.9. The van der Waals surface area contributed by atoms with Crippen molar-refractivity contribution in [1.82, 2.24) is 0 Å². The first-order chi connectivity index (χ1) is 8.25. The summed E-state index contributed by atoms with van der Waals surface area (Å²) in [6, 6.07) is 8.66. The van der Waals surface area contributed by atoms with E-state index in [4.69, 9.17) is 5.73 Å². The Hall–Kier alpha value is -1.57. The minimum Gasteiger partial charge on any atom is -0.387 e. The van der Waals surface area contributed by atoms with Crippen molar-refractivity contribution in [2.75, 3.05) is 0 Å². The van der Waals surface area contributed by atoms with Gasteiger partial charge in [0.15, 0.2) is 0 Å². The number of aliphatic imine (C=N–C) groups is 1. The van der Waals surface area contributed by atoms with E-state index < -0.39 is 0 Å². The molecule has 2 N–H and O–H groups in total. The van der Waals surface area contributed by atoms with Gasteiger partial charge in [0.2, 0.25) is 0 Å². The number of rotatable bonds is 2. The lowest BCUT2D eigenvalue weighted by Crippen LogP contribution is -2.12. The maximum atomic E-state index is 5.84. The van der Waals surface area contributed by atoms with Crippen LogP contribution in [0.2, 0.25) is 0 Å². The average Bonchev–Trinajstić information content (AvgIpc) is 2.53. The molecule has 1 aliphatic rings. The highest BCUT2D eigenvalue weighted by Crippen LogP contribution is 2.16. The molecule has 0 spiro atoms. The summed E-state index contributed by atoms with van der Waals surface area (Å²) in [5.41, 5.74) is 8.41. The molecule has 1 heterocycles. The molecule has 2 nitrogen and oxygen atoms in total. The molecule has 0 aliphatic carbocycles. The van der Waals surface area contributed by atoms with Gasteiger partial charge in [-0.05, 0) is 30.9 Å². The molecule has 0 saturated heterocycles. The van der Waals surface area contributed by atoms with E-state index in [1.165, 1.54) is 24.0 Å². The summed E-state index contributed by atoms with van der Waals surface area (Å²) in [5.74, 6) is 0.807. The Morgan fingerprint density at radius 2 is 2.12 bits per heavy atom. The summed E-state index contributed by atoms with van der Waals surface area (Å²) < 4.78 is 0. The van der Waals surface area contributed by atoms with Crippen molar-refractivity contribution in [3.05, 3.63) is 41.5 Å². The molecule has 1 atom stereocenters. The summed E-state index contributed by atoms with van der Waals surface area (Å²) in [4.78, 5) is 4.53. The molecule has 0 fully saturated rings. The van der Waals surface area contributed by atoms with Crippen LogP contribution in [0.1, 0.15) is 36.8 Å². The second-order valence-corrected chi connectivity index (χ2v) is 4.65. The Kier molecular flexibility index (Phi) is 3.97. The number of benzene rings is 1. The summed E-state index contributed by atoms with van der Waals surface area (Å²) in [6.07, 6.45) is 8.80. The Morgan fingerprint density at radius 3 is 2.94 bits per heavy atom. The van der Waals surface area contributed by atoms with Crippen LogP contribution in [0.3, 0.4) is 0 Å². The van der Waals surface area contributed by atoms with Crippen molar-refractivity contribution in [3.63, 3.8) is 0 Å². The Bertz CT molecular complexity index is 432. The average molecular weight is 228 g/mol. The van der Waals surface area contributed by atoms with Crippen molar-refractivity contribution >= 4 is 11.9 Å². The van der Waals surface area contributed by atoms with E-state index in [2.05, 4.69) is 48.3 Å². The second kappa shape index (κ2) is 5.67. The van der Waals surface area contributed by atoms with Crippen LogP contribution in [0.25, 0.3) is 6.08 Å². The molecule has 90 valence electrons. The van der Waals surface area contributed by atoms with Gasteiger partial charge >= 0.3 is 0 Å². The van der Waals surface area contributed by atoms with Gasteiger partial charge in [-0.2, -0.15) is 0 Å². The maximum absolute atomic E-state index is 5.84. The largest absolute Gasteiger partial charge is 0.387 e. The lowest BCUT2D eigenvalue weighted by Gasteiger charge is -2.05. The van der Waals surface area contributed by atoms with Crippen LogP contribution in [-0.4, -0.2) is 11.9 Å². The molecule has 17 heavy (non-hydrogen) atoms. The van der Waals surface area contributed by atoms with Crippen LogP contribution >= 0.6 is 0 Å². The first-order valence-corrected chi connectivity index (χ1v) is 6.31. The lowest BCUT2D eigenvalue weighted by atomic mass is 10.1. The monoisotopic (exact) mass is 228 g/mol. The number of amidine groups is 1. The molecule has 0 aromatic heterocycles. The molecule has 0 saturated carbocycles. The molecule has 0 bridgehead atoms. The predicted molar refractivity (Wildman–Crippen MR) is 74.1 cm³/mol. The molecular formula is C15H20N2. The van der Waals surface area contributed by atoms with E-state index in [0.717, 1.165) is 18.7 Å². The van der Waals surface area contributed by atoms with Crippen molar-refractivity contribution < 1.29 is 0 Å². The van der Waals surface area contributed by atoms with Gasteiger partial charge in [0.1, 0.15) is 0 Å².